The Morgan fingerprint density at radius 1 is 0.956 bits per heavy atom. The van der Waals surface area contributed by atoms with Crippen molar-refractivity contribution in [3.63, 3.8) is 0 Å². The summed E-state index contributed by atoms with van der Waals surface area (Å²) >= 11 is 1.05. The van der Waals surface area contributed by atoms with Crippen LogP contribution in [-0.4, -0.2) is 58.6 Å². The molecule has 1 unspecified atom stereocenters. The maximum absolute atomic E-state index is 12.9. The number of aliphatic carboxylic acids is 1. The van der Waals surface area contributed by atoms with Gasteiger partial charge in [-0.3, -0.25) is 14.5 Å². The van der Waals surface area contributed by atoms with Gasteiger partial charge in [-0.15, -0.1) is 11.3 Å². The summed E-state index contributed by atoms with van der Waals surface area (Å²) in [5, 5.41) is 24.2. The number of methoxy groups -OCH3 is 1. The van der Waals surface area contributed by atoms with Gasteiger partial charge in [-0.25, -0.2) is 9.59 Å². The van der Waals surface area contributed by atoms with Crippen LogP contribution >= 0.6 is 11.3 Å². The number of fused-ring (bicyclic) bond motifs is 1. The number of nitrogens with zero attached hydrogens (tertiary/aromatic N) is 1. The number of carboxylic acid groups (broad SMARTS) is 2. The molecule has 10 nitrogen and oxygen atoms in total. The number of amides is 2. The van der Waals surface area contributed by atoms with Crippen molar-refractivity contribution in [1.29, 1.82) is 0 Å². The number of carbonyl (C=O) groups excluding carboxylic acids is 2. The van der Waals surface area contributed by atoms with E-state index in [0.717, 1.165) is 33.6 Å². The molecule has 0 aliphatic carbocycles. The molecule has 11 heteroatoms. The Morgan fingerprint density at radius 3 is 2.29 bits per heavy atom. The lowest BCUT2D eigenvalue weighted by atomic mass is 9.95. The maximum atomic E-state index is 12.9. The Morgan fingerprint density at radius 2 is 1.64 bits per heavy atom. The summed E-state index contributed by atoms with van der Waals surface area (Å²) in [5.41, 5.74) is 4.44. The fraction of sp³-hybridized carbons (Fsp3) is 0.176. The number of thiophene rings is 1. The highest BCUT2D eigenvalue weighted by atomic mass is 32.1. The van der Waals surface area contributed by atoms with Gasteiger partial charge in [0.25, 0.3) is 0 Å². The molecule has 0 radical (unpaired) electrons. The zero-order valence-corrected chi connectivity index (χ0v) is 25.2. The van der Waals surface area contributed by atoms with Crippen LogP contribution in [0.25, 0.3) is 17.2 Å². The van der Waals surface area contributed by atoms with Crippen LogP contribution in [0.1, 0.15) is 31.9 Å². The molecule has 2 heterocycles. The number of aromatic carboxylic acids is 1. The fourth-order valence-electron chi connectivity index (χ4n) is 5.22. The second kappa shape index (κ2) is 14.0. The molecule has 0 spiro atoms. The van der Waals surface area contributed by atoms with E-state index in [-0.39, 0.29) is 35.5 Å². The smallest absolute Gasteiger partial charge is 0.394 e. The van der Waals surface area contributed by atoms with E-state index in [2.05, 4.69) is 15.5 Å². The quantitative estimate of drug-likeness (QED) is 0.144. The summed E-state index contributed by atoms with van der Waals surface area (Å²) in [7, 11) is 1.59. The number of nitrogens with one attached hydrogen (secondary N) is 2. The van der Waals surface area contributed by atoms with E-state index in [1.54, 1.807) is 13.2 Å². The van der Waals surface area contributed by atoms with E-state index in [9.17, 15) is 24.3 Å². The van der Waals surface area contributed by atoms with Crippen LogP contribution in [0.5, 0.6) is 5.75 Å². The number of hydrogen-bond donors (Lipinski definition) is 4. The zero-order valence-electron chi connectivity index (χ0n) is 24.4. The molecule has 1 aliphatic rings. The van der Waals surface area contributed by atoms with E-state index in [1.807, 2.05) is 78.9 Å². The van der Waals surface area contributed by atoms with Crippen molar-refractivity contribution in [1.82, 2.24) is 10.2 Å². The third-order valence-corrected chi connectivity index (χ3v) is 8.66. The summed E-state index contributed by atoms with van der Waals surface area (Å²) in [6.07, 6.45) is 3.47. The molecule has 4 N–H and O–H groups in total. The number of carbonyl (C=O) groups is 4. The molecule has 3 aromatic carbocycles. The van der Waals surface area contributed by atoms with Crippen LogP contribution in [0.3, 0.4) is 0 Å². The Balaban J connectivity index is 1.32. The topological polar surface area (TPSA) is 145 Å². The van der Waals surface area contributed by atoms with Gasteiger partial charge >= 0.3 is 17.8 Å². The molecular formula is C34H31N3O7S. The molecular weight excluding hydrogens is 594 g/mol. The monoisotopic (exact) mass is 625 g/mol. The summed E-state index contributed by atoms with van der Waals surface area (Å²) in [5.74, 6) is -3.86. The highest BCUT2D eigenvalue weighted by molar-refractivity contribution is 7.17. The molecule has 45 heavy (non-hydrogen) atoms. The van der Waals surface area contributed by atoms with Gasteiger partial charge in [0.15, 0.2) is 0 Å². The first-order valence-electron chi connectivity index (χ1n) is 14.1. The van der Waals surface area contributed by atoms with E-state index < -0.39 is 17.8 Å². The van der Waals surface area contributed by atoms with Crippen LogP contribution in [0.15, 0.2) is 84.9 Å². The van der Waals surface area contributed by atoms with E-state index in [0.29, 0.717) is 29.3 Å². The van der Waals surface area contributed by atoms with Gasteiger partial charge in [0.2, 0.25) is 5.91 Å². The van der Waals surface area contributed by atoms with Gasteiger partial charge in [-0.1, -0.05) is 66.7 Å². The third kappa shape index (κ3) is 7.64. The lowest BCUT2D eigenvalue weighted by Gasteiger charge is -2.36. The normalized spacial score (nSPS) is 14.5. The minimum atomic E-state index is -1.71. The Kier molecular flexibility index (Phi) is 9.71. The van der Waals surface area contributed by atoms with Gasteiger partial charge in [-0.2, -0.15) is 0 Å². The third-order valence-electron chi connectivity index (χ3n) is 7.53. The lowest BCUT2D eigenvalue weighted by molar-refractivity contribution is -0.147. The molecule has 0 saturated carbocycles. The Hall–Kier alpha value is -5.26. The molecule has 5 rings (SSSR count). The standard InChI is InChI=1S/C34H31N3O7S/c1-44-26-14-9-22(10-15-26)19-37-20-28-27(30(33(40)41)32(45-28)36-31(39)34(42)43)17-25(37)18-35-29(38)16-11-21-7-12-24(13-8-21)23-5-3-2-4-6-23/h2-16,25H,17-20H2,1H3,(H,35,38)(H,36,39)(H,40,41)(H,42,43)/b16-11+. The first kappa shape index (κ1) is 31.2. The second-order valence-electron chi connectivity index (χ2n) is 10.4. The molecule has 1 atom stereocenters. The predicted octanol–water partition coefficient (Wildman–Crippen LogP) is 4.90. The number of carboxylic acids is 2. The van der Waals surface area contributed by atoms with Gasteiger partial charge in [0.1, 0.15) is 10.8 Å². The van der Waals surface area contributed by atoms with Crippen molar-refractivity contribution in [2.24, 2.45) is 0 Å². The molecule has 1 aromatic heterocycles. The maximum Gasteiger partial charge on any atom is 0.394 e. The summed E-state index contributed by atoms with van der Waals surface area (Å²) in [6, 6.07) is 25.2. The zero-order chi connectivity index (χ0) is 31.9. The minimum absolute atomic E-state index is 0.0183. The van der Waals surface area contributed by atoms with Crippen molar-refractivity contribution in [2.45, 2.75) is 25.6 Å². The highest BCUT2D eigenvalue weighted by Crippen LogP contribution is 2.39. The summed E-state index contributed by atoms with van der Waals surface area (Å²) < 4.78 is 5.26. The Labute approximate surface area is 263 Å². The fourth-order valence-corrected chi connectivity index (χ4v) is 6.46. The van der Waals surface area contributed by atoms with E-state index in [1.165, 1.54) is 6.08 Å². The molecule has 0 fully saturated rings. The van der Waals surface area contributed by atoms with Gasteiger partial charge in [0, 0.05) is 36.6 Å². The molecule has 0 bridgehead atoms. The Bertz CT molecular complexity index is 1730. The highest BCUT2D eigenvalue weighted by Gasteiger charge is 2.34. The van der Waals surface area contributed by atoms with Crippen molar-refractivity contribution >= 4 is 46.2 Å². The average Bonchev–Trinajstić information content (AvgIpc) is 3.40. The number of hydrogen-bond acceptors (Lipinski definition) is 7. The van der Waals surface area contributed by atoms with Gasteiger partial charge in [0.05, 0.1) is 12.7 Å². The van der Waals surface area contributed by atoms with Crippen molar-refractivity contribution in [3.8, 4) is 16.9 Å². The number of ether oxygens (including phenoxy) is 1. The number of benzene rings is 3. The van der Waals surface area contributed by atoms with Crippen LogP contribution in [0.2, 0.25) is 0 Å². The van der Waals surface area contributed by atoms with E-state index >= 15 is 0 Å². The first-order chi connectivity index (χ1) is 21.7. The summed E-state index contributed by atoms with van der Waals surface area (Å²) in [4.78, 5) is 50.9. The minimum Gasteiger partial charge on any atom is -0.497 e. The van der Waals surface area contributed by atoms with Crippen LogP contribution in [-0.2, 0) is 33.9 Å². The molecule has 4 aromatic rings. The molecule has 2 amide bonds. The van der Waals surface area contributed by atoms with E-state index in [4.69, 9.17) is 9.84 Å². The van der Waals surface area contributed by atoms with Crippen LogP contribution in [0, 0.1) is 0 Å². The van der Waals surface area contributed by atoms with Crippen LogP contribution in [0.4, 0.5) is 5.00 Å². The number of anilines is 1. The molecule has 230 valence electrons. The second-order valence-corrected chi connectivity index (χ2v) is 11.6. The average molecular weight is 626 g/mol. The van der Waals surface area contributed by atoms with Gasteiger partial charge < -0.3 is 25.6 Å². The first-order valence-corrected chi connectivity index (χ1v) is 14.9. The van der Waals surface area contributed by atoms with Crippen molar-refractivity contribution in [2.75, 3.05) is 19.0 Å². The molecule has 1 aliphatic heterocycles. The van der Waals surface area contributed by atoms with Crippen molar-refractivity contribution in [3.05, 3.63) is 112 Å². The largest absolute Gasteiger partial charge is 0.497 e. The summed E-state index contributed by atoms with van der Waals surface area (Å²) in [6.45, 7) is 1.08. The lowest BCUT2D eigenvalue weighted by Crippen LogP contribution is -2.46. The number of rotatable bonds is 10. The predicted molar refractivity (Wildman–Crippen MR) is 171 cm³/mol. The van der Waals surface area contributed by atoms with Crippen molar-refractivity contribution < 1.29 is 34.1 Å². The molecule has 0 saturated heterocycles. The van der Waals surface area contributed by atoms with Crippen LogP contribution < -0.4 is 15.4 Å². The van der Waals surface area contributed by atoms with Gasteiger partial charge in [-0.05, 0) is 52.4 Å². The SMILES string of the molecule is COc1ccc(CN2Cc3sc(NC(=O)C(=O)O)c(C(=O)O)c3CC2CNC(=O)/C=C/c2ccc(-c3ccccc3)cc2)cc1.